The van der Waals surface area contributed by atoms with Crippen molar-refractivity contribution in [3.8, 4) is 0 Å². The minimum atomic E-state index is -0.931. The molecule has 0 saturated heterocycles. The van der Waals surface area contributed by atoms with Crippen LogP contribution in [-0.4, -0.2) is 5.11 Å². The number of benzene rings is 1. The van der Waals surface area contributed by atoms with Gasteiger partial charge in [-0.25, -0.2) is 0 Å². The molecule has 2 rings (SSSR count). The Morgan fingerprint density at radius 3 is 2.71 bits per heavy atom. The van der Waals surface area contributed by atoms with Crippen molar-refractivity contribution in [3.05, 3.63) is 35.0 Å². The number of rotatable bonds is 3. The number of furan rings is 1. The van der Waals surface area contributed by atoms with Gasteiger partial charge in [0.25, 0.3) is 0 Å². The Balaban J connectivity index is 2.42. The van der Waals surface area contributed by atoms with Crippen LogP contribution in [0.15, 0.2) is 28.7 Å². The normalized spacial score (nSPS) is 15.4. The molecule has 2 nitrogen and oxygen atoms in total. The van der Waals surface area contributed by atoms with E-state index in [0.717, 1.165) is 11.0 Å². The zero-order valence-electron chi connectivity index (χ0n) is 10.3. The van der Waals surface area contributed by atoms with Gasteiger partial charge in [0.15, 0.2) is 0 Å². The third-order valence-corrected chi connectivity index (χ3v) is 3.05. The summed E-state index contributed by atoms with van der Waals surface area (Å²) in [6.07, 6.45) is 0.667. The van der Waals surface area contributed by atoms with Gasteiger partial charge < -0.3 is 9.52 Å². The zero-order chi connectivity index (χ0) is 12.6. The van der Waals surface area contributed by atoms with E-state index in [0.29, 0.717) is 23.1 Å². The Hall–Kier alpha value is -0.990. The van der Waals surface area contributed by atoms with Gasteiger partial charge in [-0.15, -0.1) is 0 Å². The molecule has 1 heterocycles. The summed E-state index contributed by atoms with van der Waals surface area (Å²) in [6, 6.07) is 7.32. The second-order valence-corrected chi connectivity index (χ2v) is 5.60. The summed E-state index contributed by atoms with van der Waals surface area (Å²) in [4.78, 5) is 0. The number of fused-ring (bicyclic) bond motifs is 1. The van der Waals surface area contributed by atoms with E-state index < -0.39 is 5.60 Å². The van der Waals surface area contributed by atoms with Crippen LogP contribution in [-0.2, 0) is 5.60 Å². The first-order valence-corrected chi connectivity index (χ1v) is 6.18. The molecule has 1 aromatic heterocycles. The van der Waals surface area contributed by atoms with Crippen LogP contribution in [0.5, 0.6) is 0 Å². The second kappa shape index (κ2) is 4.35. The molecule has 1 atom stereocenters. The van der Waals surface area contributed by atoms with Crippen molar-refractivity contribution >= 4 is 22.6 Å². The summed E-state index contributed by atoms with van der Waals surface area (Å²) >= 11 is 5.92. The van der Waals surface area contributed by atoms with Gasteiger partial charge in [-0.05, 0) is 43.5 Å². The predicted molar refractivity (Wildman–Crippen MR) is 70.2 cm³/mol. The summed E-state index contributed by atoms with van der Waals surface area (Å²) in [5, 5.41) is 12.0. The Bertz CT molecular complexity index is 526. The molecule has 1 unspecified atom stereocenters. The fourth-order valence-electron chi connectivity index (χ4n) is 2.18. The second-order valence-electron chi connectivity index (χ2n) is 5.16. The van der Waals surface area contributed by atoms with Crippen LogP contribution >= 0.6 is 11.6 Å². The summed E-state index contributed by atoms with van der Waals surface area (Å²) in [5.41, 5.74) is -0.173. The van der Waals surface area contributed by atoms with Crippen LogP contribution < -0.4 is 0 Å². The first-order chi connectivity index (χ1) is 7.88. The van der Waals surface area contributed by atoms with E-state index in [-0.39, 0.29) is 0 Å². The lowest BCUT2D eigenvalue weighted by atomic mass is 9.92. The Morgan fingerprint density at radius 2 is 2.06 bits per heavy atom. The summed E-state index contributed by atoms with van der Waals surface area (Å²) in [6.45, 7) is 5.94. The Labute approximate surface area is 106 Å². The molecular formula is C14H17ClO2. The van der Waals surface area contributed by atoms with Crippen molar-refractivity contribution in [2.45, 2.75) is 32.8 Å². The van der Waals surface area contributed by atoms with Crippen molar-refractivity contribution in [3.63, 3.8) is 0 Å². The van der Waals surface area contributed by atoms with E-state index in [1.54, 1.807) is 13.0 Å². The molecule has 1 aromatic carbocycles. The van der Waals surface area contributed by atoms with E-state index in [4.69, 9.17) is 16.0 Å². The molecule has 3 heteroatoms. The lowest BCUT2D eigenvalue weighted by Crippen LogP contribution is -2.22. The summed E-state index contributed by atoms with van der Waals surface area (Å²) in [5.74, 6) is 1.00. The first-order valence-electron chi connectivity index (χ1n) is 5.80. The average Bonchev–Trinajstić information content (AvgIpc) is 2.58. The smallest absolute Gasteiger partial charge is 0.136 e. The highest BCUT2D eigenvalue weighted by molar-refractivity contribution is 6.31. The highest BCUT2D eigenvalue weighted by atomic mass is 35.5. The SMILES string of the molecule is CC(C)CC(C)(O)c1cc2cc(Cl)ccc2o1. The van der Waals surface area contributed by atoms with Crippen LogP contribution in [0.4, 0.5) is 0 Å². The van der Waals surface area contributed by atoms with E-state index in [1.807, 2.05) is 18.2 Å². The molecule has 0 aliphatic carbocycles. The van der Waals surface area contributed by atoms with Crippen LogP contribution in [0.1, 0.15) is 33.0 Å². The van der Waals surface area contributed by atoms with Gasteiger partial charge in [-0.2, -0.15) is 0 Å². The van der Waals surface area contributed by atoms with Crippen molar-refractivity contribution < 1.29 is 9.52 Å². The molecule has 17 heavy (non-hydrogen) atoms. The van der Waals surface area contributed by atoms with Gasteiger partial charge in [0.1, 0.15) is 16.9 Å². The third-order valence-electron chi connectivity index (χ3n) is 2.81. The number of hydrogen-bond acceptors (Lipinski definition) is 2. The van der Waals surface area contributed by atoms with Crippen LogP contribution in [0.25, 0.3) is 11.0 Å². The minimum absolute atomic E-state index is 0.404. The van der Waals surface area contributed by atoms with E-state index in [9.17, 15) is 5.11 Å². The quantitative estimate of drug-likeness (QED) is 0.882. The lowest BCUT2D eigenvalue weighted by molar-refractivity contribution is 0.0150. The summed E-state index contributed by atoms with van der Waals surface area (Å²) in [7, 11) is 0. The number of halogens is 1. The molecule has 0 aliphatic heterocycles. The maximum atomic E-state index is 10.4. The zero-order valence-corrected chi connectivity index (χ0v) is 11.1. The Kier molecular flexibility index (Phi) is 3.19. The topological polar surface area (TPSA) is 33.4 Å². The molecule has 0 aliphatic rings. The van der Waals surface area contributed by atoms with Gasteiger partial charge in [0, 0.05) is 10.4 Å². The predicted octanol–water partition coefficient (Wildman–Crippen LogP) is 4.34. The molecule has 2 aromatic rings. The summed E-state index contributed by atoms with van der Waals surface area (Å²) < 4.78 is 5.68. The fraction of sp³-hybridized carbons (Fsp3) is 0.429. The number of aliphatic hydroxyl groups is 1. The largest absolute Gasteiger partial charge is 0.458 e. The van der Waals surface area contributed by atoms with Crippen molar-refractivity contribution in [1.82, 2.24) is 0 Å². The molecule has 0 fully saturated rings. The van der Waals surface area contributed by atoms with Gasteiger partial charge in [-0.1, -0.05) is 25.4 Å². The van der Waals surface area contributed by atoms with Gasteiger partial charge in [-0.3, -0.25) is 0 Å². The van der Waals surface area contributed by atoms with Crippen LogP contribution in [0.3, 0.4) is 0 Å². The maximum Gasteiger partial charge on any atom is 0.136 e. The standard InChI is InChI=1S/C14H17ClO2/c1-9(2)8-14(3,16)13-7-10-6-11(15)4-5-12(10)17-13/h4-7,9,16H,8H2,1-3H3. The van der Waals surface area contributed by atoms with Gasteiger partial charge in [0.2, 0.25) is 0 Å². The van der Waals surface area contributed by atoms with Crippen molar-refractivity contribution in [2.24, 2.45) is 5.92 Å². The Morgan fingerprint density at radius 1 is 1.35 bits per heavy atom. The minimum Gasteiger partial charge on any atom is -0.458 e. The van der Waals surface area contributed by atoms with E-state index in [2.05, 4.69) is 13.8 Å². The lowest BCUT2D eigenvalue weighted by Gasteiger charge is -2.22. The molecule has 0 bridgehead atoms. The van der Waals surface area contributed by atoms with E-state index in [1.165, 1.54) is 0 Å². The molecular weight excluding hydrogens is 236 g/mol. The molecule has 92 valence electrons. The fourth-order valence-corrected chi connectivity index (χ4v) is 2.36. The molecule has 0 amide bonds. The van der Waals surface area contributed by atoms with Gasteiger partial charge in [0.05, 0.1) is 0 Å². The first kappa shape index (κ1) is 12.5. The highest BCUT2D eigenvalue weighted by Gasteiger charge is 2.28. The van der Waals surface area contributed by atoms with Crippen molar-refractivity contribution in [2.75, 3.05) is 0 Å². The van der Waals surface area contributed by atoms with E-state index >= 15 is 0 Å². The van der Waals surface area contributed by atoms with Crippen LogP contribution in [0, 0.1) is 5.92 Å². The molecule has 0 saturated carbocycles. The van der Waals surface area contributed by atoms with Crippen LogP contribution in [0.2, 0.25) is 5.02 Å². The monoisotopic (exact) mass is 252 g/mol. The van der Waals surface area contributed by atoms with Gasteiger partial charge >= 0.3 is 0 Å². The third kappa shape index (κ3) is 2.64. The molecule has 0 spiro atoms. The number of hydrogen-bond donors (Lipinski definition) is 1. The van der Waals surface area contributed by atoms with Crippen molar-refractivity contribution in [1.29, 1.82) is 0 Å². The maximum absolute atomic E-state index is 10.4. The highest BCUT2D eigenvalue weighted by Crippen LogP contribution is 2.33. The average molecular weight is 253 g/mol. The molecule has 0 radical (unpaired) electrons. The molecule has 1 N–H and O–H groups in total.